The second-order valence-corrected chi connectivity index (χ2v) is 12.8. The monoisotopic (exact) mass is 549 g/mol. The van der Waals surface area contributed by atoms with Crippen LogP contribution in [0.2, 0.25) is 0 Å². The molecule has 0 saturated carbocycles. The zero-order valence-corrected chi connectivity index (χ0v) is 23.9. The van der Waals surface area contributed by atoms with Crippen molar-refractivity contribution in [2.24, 2.45) is 0 Å². The van der Waals surface area contributed by atoms with Gasteiger partial charge in [-0.1, -0.05) is 78.4 Å². The van der Waals surface area contributed by atoms with E-state index in [0.29, 0.717) is 13.1 Å². The lowest BCUT2D eigenvalue weighted by atomic mass is 9.93. The van der Waals surface area contributed by atoms with E-state index in [-0.39, 0.29) is 17.0 Å². The summed E-state index contributed by atoms with van der Waals surface area (Å²) in [5.41, 5.74) is 2.20. The van der Waals surface area contributed by atoms with Crippen LogP contribution >= 0.6 is 0 Å². The zero-order valence-electron chi connectivity index (χ0n) is 23.1. The Hall–Kier alpha value is -3.20. The SMILES string of the molecule is Cc1ccc(S(=O)(=O)NC(c2ccccc2)[C@H](NC[C@@H]2CCCN2C(=O)OC(C)(C)C)c2ccccc2)cc1. The fraction of sp³-hybridized carbons (Fsp3) is 0.387. The number of ether oxygens (including phenoxy) is 1. The van der Waals surface area contributed by atoms with Crippen LogP contribution in [0.3, 0.4) is 0 Å². The molecule has 1 fully saturated rings. The Morgan fingerprint density at radius 2 is 1.49 bits per heavy atom. The van der Waals surface area contributed by atoms with Crippen LogP contribution in [0.5, 0.6) is 0 Å². The van der Waals surface area contributed by atoms with Gasteiger partial charge in [0.2, 0.25) is 10.0 Å². The molecule has 0 radical (unpaired) electrons. The molecule has 8 heteroatoms. The van der Waals surface area contributed by atoms with Crippen LogP contribution in [0.25, 0.3) is 0 Å². The van der Waals surface area contributed by atoms with E-state index in [1.54, 1.807) is 29.2 Å². The number of likely N-dealkylation sites (tertiary alicyclic amines) is 1. The topological polar surface area (TPSA) is 87.7 Å². The average molecular weight is 550 g/mol. The molecule has 3 aromatic rings. The third-order valence-electron chi connectivity index (χ3n) is 6.84. The van der Waals surface area contributed by atoms with Gasteiger partial charge in [0.15, 0.2) is 0 Å². The van der Waals surface area contributed by atoms with Gasteiger partial charge in [-0.05, 0) is 63.8 Å². The molecule has 1 saturated heterocycles. The van der Waals surface area contributed by atoms with E-state index in [4.69, 9.17) is 4.74 Å². The van der Waals surface area contributed by atoms with Crippen molar-refractivity contribution < 1.29 is 17.9 Å². The van der Waals surface area contributed by atoms with E-state index in [2.05, 4.69) is 10.0 Å². The normalized spacial score (nSPS) is 17.5. The van der Waals surface area contributed by atoms with Crippen LogP contribution in [-0.2, 0) is 14.8 Å². The standard InChI is InChI=1S/C31H39N3O4S/c1-23-17-19-27(20-18-23)39(36,37)33-29(25-14-9-6-10-15-25)28(24-12-7-5-8-13-24)32-22-26-16-11-21-34(26)30(35)38-31(2,3)4/h5-10,12-15,17-20,26,28-29,32-33H,11,16,21-22H2,1-4H3/t26-,28+,29?/m0/s1. The molecule has 7 nitrogen and oxygen atoms in total. The minimum Gasteiger partial charge on any atom is -0.444 e. The molecule has 0 aliphatic carbocycles. The lowest BCUT2D eigenvalue weighted by Gasteiger charge is -2.33. The lowest BCUT2D eigenvalue weighted by molar-refractivity contribution is 0.0224. The van der Waals surface area contributed by atoms with E-state index in [1.165, 1.54) is 0 Å². The summed E-state index contributed by atoms with van der Waals surface area (Å²) >= 11 is 0. The van der Waals surface area contributed by atoms with Crippen molar-refractivity contribution in [3.8, 4) is 0 Å². The van der Waals surface area contributed by atoms with Crippen LogP contribution in [0.4, 0.5) is 4.79 Å². The summed E-state index contributed by atoms with van der Waals surface area (Å²) in [5.74, 6) is 0. The number of nitrogens with one attached hydrogen (secondary N) is 2. The maximum Gasteiger partial charge on any atom is 0.410 e. The van der Waals surface area contributed by atoms with E-state index < -0.39 is 27.7 Å². The third-order valence-corrected chi connectivity index (χ3v) is 8.30. The maximum atomic E-state index is 13.6. The lowest BCUT2D eigenvalue weighted by Crippen LogP contribution is -2.46. The first-order chi connectivity index (χ1) is 18.5. The zero-order chi connectivity index (χ0) is 28.0. The molecule has 39 heavy (non-hydrogen) atoms. The summed E-state index contributed by atoms with van der Waals surface area (Å²) in [6, 6.07) is 25.2. The Bertz CT molecular complexity index is 1320. The average Bonchev–Trinajstić information content (AvgIpc) is 3.37. The number of carbonyl (C=O) groups is 1. The van der Waals surface area contributed by atoms with E-state index in [9.17, 15) is 13.2 Å². The molecule has 0 spiro atoms. The summed E-state index contributed by atoms with van der Waals surface area (Å²) in [5, 5.41) is 3.63. The predicted molar refractivity (Wildman–Crippen MR) is 154 cm³/mol. The number of hydrogen-bond acceptors (Lipinski definition) is 5. The summed E-state index contributed by atoms with van der Waals surface area (Å²) in [6.45, 7) is 8.65. The molecule has 4 rings (SSSR count). The summed E-state index contributed by atoms with van der Waals surface area (Å²) in [4.78, 5) is 14.9. The first-order valence-corrected chi connectivity index (χ1v) is 14.9. The Balaban J connectivity index is 1.65. The van der Waals surface area contributed by atoms with Crippen LogP contribution in [-0.4, -0.2) is 44.1 Å². The highest BCUT2D eigenvalue weighted by molar-refractivity contribution is 7.89. The molecule has 1 amide bonds. The van der Waals surface area contributed by atoms with Gasteiger partial charge in [0.05, 0.1) is 17.0 Å². The summed E-state index contributed by atoms with van der Waals surface area (Å²) < 4.78 is 35.8. The van der Waals surface area contributed by atoms with Crippen LogP contribution < -0.4 is 10.0 Å². The predicted octanol–water partition coefficient (Wildman–Crippen LogP) is 5.75. The minimum atomic E-state index is -3.83. The van der Waals surface area contributed by atoms with Gasteiger partial charge in [0, 0.05) is 19.1 Å². The van der Waals surface area contributed by atoms with Gasteiger partial charge >= 0.3 is 6.09 Å². The van der Waals surface area contributed by atoms with Crippen molar-refractivity contribution in [1.82, 2.24) is 14.9 Å². The van der Waals surface area contributed by atoms with Crippen molar-refractivity contribution in [3.05, 3.63) is 102 Å². The van der Waals surface area contributed by atoms with Crippen LogP contribution in [0, 0.1) is 6.92 Å². The Morgan fingerprint density at radius 3 is 2.05 bits per heavy atom. The Kier molecular flexibility index (Phi) is 9.10. The molecular weight excluding hydrogens is 510 g/mol. The smallest absolute Gasteiger partial charge is 0.410 e. The fourth-order valence-electron chi connectivity index (χ4n) is 4.90. The number of aryl methyl sites for hydroxylation is 1. The van der Waals surface area contributed by atoms with Crippen molar-refractivity contribution in [2.75, 3.05) is 13.1 Å². The molecule has 1 aliphatic heterocycles. The number of carbonyl (C=O) groups excluding carboxylic acids is 1. The number of nitrogens with zero attached hydrogens (tertiary/aromatic N) is 1. The largest absolute Gasteiger partial charge is 0.444 e. The number of rotatable bonds is 9. The van der Waals surface area contributed by atoms with Crippen molar-refractivity contribution in [2.45, 2.75) is 69.2 Å². The second-order valence-electron chi connectivity index (χ2n) is 11.1. The quantitative estimate of drug-likeness (QED) is 0.355. The molecule has 0 aromatic heterocycles. The summed E-state index contributed by atoms with van der Waals surface area (Å²) in [7, 11) is -3.83. The Labute approximate surface area is 232 Å². The van der Waals surface area contributed by atoms with Crippen LogP contribution in [0.1, 0.15) is 62.4 Å². The molecule has 2 N–H and O–H groups in total. The van der Waals surface area contributed by atoms with Gasteiger partial charge in [0.25, 0.3) is 0 Å². The minimum absolute atomic E-state index is 0.0591. The van der Waals surface area contributed by atoms with Crippen LogP contribution in [0.15, 0.2) is 89.8 Å². The highest BCUT2D eigenvalue weighted by Crippen LogP contribution is 2.32. The molecule has 0 bridgehead atoms. The van der Waals surface area contributed by atoms with Crippen molar-refractivity contribution in [3.63, 3.8) is 0 Å². The van der Waals surface area contributed by atoms with E-state index in [0.717, 1.165) is 29.5 Å². The molecular formula is C31H39N3O4S. The third kappa shape index (κ3) is 7.68. The maximum absolute atomic E-state index is 13.6. The first kappa shape index (κ1) is 28.8. The van der Waals surface area contributed by atoms with E-state index in [1.807, 2.05) is 88.4 Å². The van der Waals surface area contributed by atoms with E-state index >= 15 is 0 Å². The molecule has 3 aromatic carbocycles. The van der Waals surface area contributed by atoms with Gasteiger partial charge in [0.1, 0.15) is 5.60 Å². The molecule has 1 unspecified atom stereocenters. The fourth-order valence-corrected chi connectivity index (χ4v) is 6.14. The summed E-state index contributed by atoms with van der Waals surface area (Å²) in [6.07, 6.45) is 1.42. The van der Waals surface area contributed by atoms with Gasteiger partial charge < -0.3 is 15.0 Å². The Morgan fingerprint density at radius 1 is 0.923 bits per heavy atom. The molecule has 1 heterocycles. The van der Waals surface area contributed by atoms with Gasteiger partial charge in [-0.25, -0.2) is 17.9 Å². The van der Waals surface area contributed by atoms with Gasteiger partial charge in [-0.2, -0.15) is 0 Å². The van der Waals surface area contributed by atoms with Crippen molar-refractivity contribution in [1.29, 1.82) is 0 Å². The molecule has 1 aliphatic rings. The number of sulfonamides is 1. The number of amides is 1. The van der Waals surface area contributed by atoms with Gasteiger partial charge in [-0.15, -0.1) is 0 Å². The van der Waals surface area contributed by atoms with Gasteiger partial charge in [-0.3, -0.25) is 0 Å². The van der Waals surface area contributed by atoms with Crippen molar-refractivity contribution >= 4 is 16.1 Å². The second kappa shape index (κ2) is 12.3. The highest BCUT2D eigenvalue weighted by Gasteiger charge is 2.35. The highest BCUT2D eigenvalue weighted by atomic mass is 32.2. The first-order valence-electron chi connectivity index (χ1n) is 13.5. The molecule has 3 atom stereocenters. The molecule has 208 valence electrons. The number of benzene rings is 3. The number of hydrogen-bond donors (Lipinski definition) is 2.